The van der Waals surface area contributed by atoms with Crippen LogP contribution in [0.5, 0.6) is 11.5 Å². The summed E-state index contributed by atoms with van der Waals surface area (Å²) < 4.78 is 16.6. The highest BCUT2D eigenvalue weighted by atomic mass is 16.5. The third-order valence-corrected chi connectivity index (χ3v) is 7.89. The second-order valence-corrected chi connectivity index (χ2v) is 12.2. The summed E-state index contributed by atoms with van der Waals surface area (Å²) in [5.74, 6) is 2.20. The summed E-state index contributed by atoms with van der Waals surface area (Å²) in [6.45, 7) is 13.9. The molecule has 0 heterocycles. The van der Waals surface area contributed by atoms with E-state index in [1.807, 2.05) is 50.2 Å². The van der Waals surface area contributed by atoms with Crippen LogP contribution in [0.1, 0.15) is 78.4 Å². The highest BCUT2D eigenvalue weighted by molar-refractivity contribution is 5.79. The summed E-state index contributed by atoms with van der Waals surface area (Å²) in [6, 6.07) is 16.2. The first-order valence-electron chi connectivity index (χ1n) is 14.8. The molecule has 0 fully saturated rings. The molecule has 0 aromatic heterocycles. The van der Waals surface area contributed by atoms with E-state index in [-0.39, 0.29) is 17.7 Å². The van der Waals surface area contributed by atoms with Crippen LogP contribution in [0.25, 0.3) is 0 Å². The third-order valence-electron chi connectivity index (χ3n) is 7.89. The van der Waals surface area contributed by atoms with Gasteiger partial charge in [-0.3, -0.25) is 4.79 Å². The smallest absolute Gasteiger partial charge is 0.224 e. The van der Waals surface area contributed by atoms with Crippen LogP contribution in [0, 0.1) is 23.7 Å². The molecule has 1 amide bonds. The Bertz CT molecular complexity index is 1000. The van der Waals surface area contributed by atoms with Crippen molar-refractivity contribution in [2.24, 2.45) is 23.7 Å². The van der Waals surface area contributed by atoms with Crippen molar-refractivity contribution in [3.63, 3.8) is 0 Å². The van der Waals surface area contributed by atoms with Gasteiger partial charge in [-0.2, -0.15) is 0 Å². The predicted octanol–water partition coefficient (Wildman–Crippen LogP) is 6.78. The second-order valence-electron chi connectivity index (χ2n) is 12.2. The van der Waals surface area contributed by atoms with E-state index in [4.69, 9.17) is 14.2 Å². The minimum Gasteiger partial charge on any atom is -0.493 e. The van der Waals surface area contributed by atoms with E-state index in [0.29, 0.717) is 37.9 Å². The number of carbonyl (C=O) groups is 1. The molecule has 2 aromatic rings. The lowest BCUT2D eigenvalue weighted by atomic mass is 9.82. The normalized spacial score (nSPS) is 14.2. The minimum atomic E-state index is -0.533. The molecular formula is C34H53NO5. The largest absolute Gasteiger partial charge is 0.493 e. The molecule has 0 aliphatic rings. The van der Waals surface area contributed by atoms with Crippen molar-refractivity contribution in [1.82, 2.24) is 5.32 Å². The number of hydrogen-bond acceptors (Lipinski definition) is 5. The summed E-state index contributed by atoms with van der Waals surface area (Å²) in [4.78, 5) is 13.3. The van der Waals surface area contributed by atoms with Crippen molar-refractivity contribution in [2.45, 2.75) is 85.3 Å². The summed E-state index contributed by atoms with van der Waals surface area (Å²) in [7, 11) is 3.34. The third kappa shape index (κ3) is 10.8. The lowest BCUT2D eigenvalue weighted by molar-refractivity contribution is -0.129. The molecule has 0 radical (unpaired) electrons. The van der Waals surface area contributed by atoms with Gasteiger partial charge in [0.1, 0.15) is 0 Å². The Kier molecular flexibility index (Phi) is 14.0. The van der Waals surface area contributed by atoms with Gasteiger partial charge in [0.2, 0.25) is 5.91 Å². The number of amides is 1. The monoisotopic (exact) mass is 555 g/mol. The molecule has 0 bridgehead atoms. The summed E-state index contributed by atoms with van der Waals surface area (Å²) in [5.41, 5.74) is 1.77. The molecule has 224 valence electrons. The fraction of sp³-hybridized carbons (Fsp3) is 0.618. The first-order valence-corrected chi connectivity index (χ1v) is 14.8. The van der Waals surface area contributed by atoms with E-state index in [1.165, 1.54) is 5.56 Å². The number of methoxy groups -OCH3 is 2. The van der Waals surface area contributed by atoms with Crippen LogP contribution in [0.3, 0.4) is 0 Å². The average Bonchev–Trinajstić information content (AvgIpc) is 2.92. The van der Waals surface area contributed by atoms with Gasteiger partial charge in [-0.05, 0) is 80.5 Å². The van der Waals surface area contributed by atoms with Gasteiger partial charge in [0.15, 0.2) is 11.5 Å². The lowest BCUT2D eigenvalue weighted by Crippen LogP contribution is -2.45. The van der Waals surface area contributed by atoms with Gasteiger partial charge in [0.25, 0.3) is 0 Å². The van der Waals surface area contributed by atoms with E-state index in [1.54, 1.807) is 14.2 Å². The van der Waals surface area contributed by atoms with Gasteiger partial charge < -0.3 is 24.6 Å². The molecule has 3 unspecified atom stereocenters. The number of nitrogens with one attached hydrogen (secondary N) is 1. The van der Waals surface area contributed by atoms with Crippen LogP contribution in [0.2, 0.25) is 0 Å². The Morgan fingerprint density at radius 2 is 1.62 bits per heavy atom. The van der Waals surface area contributed by atoms with Crippen LogP contribution >= 0.6 is 0 Å². The topological polar surface area (TPSA) is 77.0 Å². The van der Waals surface area contributed by atoms with Crippen LogP contribution in [-0.2, 0) is 21.5 Å². The highest BCUT2D eigenvalue weighted by Crippen LogP contribution is 2.32. The molecule has 0 aliphatic heterocycles. The first-order chi connectivity index (χ1) is 19.0. The van der Waals surface area contributed by atoms with Crippen LogP contribution in [0.4, 0.5) is 0 Å². The molecule has 6 nitrogen and oxygen atoms in total. The molecule has 2 aromatic carbocycles. The molecule has 40 heavy (non-hydrogen) atoms. The van der Waals surface area contributed by atoms with Gasteiger partial charge in [0.05, 0.1) is 25.4 Å². The number of benzene rings is 2. The molecule has 0 saturated heterocycles. The molecular weight excluding hydrogens is 502 g/mol. The Labute approximate surface area is 242 Å². The zero-order valence-corrected chi connectivity index (χ0v) is 26.0. The molecule has 0 aliphatic carbocycles. The van der Waals surface area contributed by atoms with Gasteiger partial charge in [-0.25, -0.2) is 0 Å². The van der Waals surface area contributed by atoms with Crippen molar-refractivity contribution in [2.75, 3.05) is 27.4 Å². The van der Waals surface area contributed by atoms with Crippen molar-refractivity contribution in [3.05, 3.63) is 59.7 Å². The van der Waals surface area contributed by atoms with E-state index in [9.17, 15) is 9.90 Å². The molecule has 3 atom stereocenters. The predicted molar refractivity (Wildman–Crippen MR) is 163 cm³/mol. The Morgan fingerprint density at radius 3 is 2.23 bits per heavy atom. The fourth-order valence-corrected chi connectivity index (χ4v) is 5.15. The fourth-order valence-electron chi connectivity index (χ4n) is 5.15. The van der Waals surface area contributed by atoms with E-state index in [2.05, 4.69) is 45.1 Å². The maximum atomic E-state index is 13.3. The maximum Gasteiger partial charge on any atom is 0.224 e. The van der Waals surface area contributed by atoms with E-state index >= 15 is 0 Å². The van der Waals surface area contributed by atoms with Gasteiger partial charge in [0, 0.05) is 26.1 Å². The summed E-state index contributed by atoms with van der Waals surface area (Å²) in [5, 5.41) is 14.3. The van der Waals surface area contributed by atoms with E-state index in [0.717, 1.165) is 36.3 Å². The van der Waals surface area contributed by atoms with Gasteiger partial charge in [-0.1, -0.05) is 64.1 Å². The number of aliphatic hydroxyl groups is 1. The number of hydrogen-bond donors (Lipinski definition) is 2. The molecule has 2 N–H and O–H groups in total. The van der Waals surface area contributed by atoms with Crippen molar-refractivity contribution < 1.29 is 24.1 Å². The summed E-state index contributed by atoms with van der Waals surface area (Å²) in [6.07, 6.45) is 3.18. The van der Waals surface area contributed by atoms with Crippen molar-refractivity contribution in [1.29, 1.82) is 0 Å². The van der Waals surface area contributed by atoms with Gasteiger partial charge >= 0.3 is 0 Å². The standard InChI is InChI=1S/C34H53NO5/c1-24(2)27(21-26-15-18-31(39-8)32(22-26)40-20-12-19-38-7)16-17-29(36)23-30(25(3)4)33(37)35-34(5,6)28-13-10-9-11-14-28/h9-11,13-15,18,22,24-25,27,29-30,36H,12,16-17,19-21,23H2,1-8H3,(H,35,37). The first kappa shape index (κ1) is 33.6. The zero-order chi connectivity index (χ0) is 29.7. The summed E-state index contributed by atoms with van der Waals surface area (Å²) >= 11 is 0. The number of ether oxygens (including phenoxy) is 3. The van der Waals surface area contributed by atoms with Crippen LogP contribution < -0.4 is 14.8 Å². The number of carbonyl (C=O) groups excluding carboxylic acids is 1. The van der Waals surface area contributed by atoms with Gasteiger partial charge in [-0.15, -0.1) is 0 Å². The molecule has 0 saturated carbocycles. The number of aliphatic hydroxyl groups excluding tert-OH is 1. The molecule has 0 spiro atoms. The number of rotatable bonds is 18. The molecule has 2 rings (SSSR count). The quantitative estimate of drug-likeness (QED) is 0.198. The van der Waals surface area contributed by atoms with E-state index < -0.39 is 11.6 Å². The molecule has 6 heteroatoms. The Hall–Kier alpha value is -2.57. The lowest BCUT2D eigenvalue weighted by Gasteiger charge is -2.31. The van der Waals surface area contributed by atoms with Crippen molar-refractivity contribution >= 4 is 5.91 Å². The minimum absolute atomic E-state index is 0.000394. The highest BCUT2D eigenvalue weighted by Gasteiger charge is 2.31. The Balaban J connectivity index is 2.00. The SMILES string of the molecule is COCCCOc1cc(CC(CCC(O)CC(C(=O)NC(C)(C)c2ccccc2)C(C)C)C(C)C)ccc1OC. The Morgan fingerprint density at radius 1 is 0.925 bits per heavy atom. The second kappa shape index (κ2) is 16.6. The average molecular weight is 556 g/mol. The maximum absolute atomic E-state index is 13.3. The van der Waals surface area contributed by atoms with Crippen molar-refractivity contribution in [3.8, 4) is 11.5 Å². The van der Waals surface area contributed by atoms with Crippen LogP contribution in [0.15, 0.2) is 48.5 Å². The zero-order valence-electron chi connectivity index (χ0n) is 26.0. The van der Waals surface area contributed by atoms with Crippen LogP contribution in [-0.4, -0.2) is 44.6 Å².